The molecule has 0 aliphatic carbocycles. The second-order valence-electron chi connectivity index (χ2n) is 5.87. The summed E-state index contributed by atoms with van der Waals surface area (Å²) in [5.41, 5.74) is 0. The monoisotopic (exact) mass is 281 g/mol. The topological polar surface area (TPSA) is 23.8 Å². The molecule has 0 heterocycles. The van der Waals surface area contributed by atoms with Gasteiger partial charge in [0.1, 0.15) is 0 Å². The van der Waals surface area contributed by atoms with Crippen molar-refractivity contribution in [3.63, 3.8) is 0 Å². The molecule has 3 heteroatoms. The first-order valence-electron chi connectivity index (χ1n) is 8.82. The zero-order valence-electron chi connectivity index (χ0n) is 14.9. The van der Waals surface area contributed by atoms with Crippen molar-refractivity contribution in [2.24, 2.45) is 0 Å². The van der Waals surface area contributed by atoms with Crippen LogP contribution in [0.2, 0.25) is 0 Å². The van der Waals surface area contributed by atoms with Crippen molar-refractivity contribution < 1.29 is 4.48 Å². The van der Waals surface area contributed by atoms with Crippen LogP contribution < -0.4 is 0 Å². The van der Waals surface area contributed by atoms with Gasteiger partial charge in [-0.15, -0.1) is 0 Å². The van der Waals surface area contributed by atoms with Crippen molar-refractivity contribution in [1.29, 1.82) is 5.26 Å². The van der Waals surface area contributed by atoms with E-state index in [1.165, 1.54) is 89.9 Å². The van der Waals surface area contributed by atoms with Gasteiger partial charge in [0.2, 0.25) is 0 Å². The van der Waals surface area contributed by atoms with Crippen LogP contribution in [0.3, 0.4) is 0 Å². The van der Waals surface area contributed by atoms with Crippen molar-refractivity contribution in [3.8, 4) is 5.97 Å². The van der Waals surface area contributed by atoms with Gasteiger partial charge in [-0.3, -0.25) is 5.26 Å². The van der Waals surface area contributed by atoms with E-state index >= 15 is 0 Å². The van der Waals surface area contributed by atoms with Crippen LogP contribution in [-0.2, 0) is 0 Å². The largest absolute Gasteiger partial charge is 0.324 e. The summed E-state index contributed by atoms with van der Waals surface area (Å²) in [5, 5.41) is 7.32. The lowest BCUT2D eigenvalue weighted by Crippen LogP contribution is -2.50. The van der Waals surface area contributed by atoms with Gasteiger partial charge in [-0.25, -0.2) is 5.97 Å². The molecule has 0 bridgehead atoms. The van der Waals surface area contributed by atoms with E-state index in [0.717, 1.165) is 0 Å². The number of rotatable bonds is 12. The van der Waals surface area contributed by atoms with E-state index < -0.39 is 0 Å². The molecule has 0 fully saturated rings. The maximum Gasteiger partial charge on any atom is 0.0786 e. The molecular formula is C17H38BN2. The SMILES string of the molecule is CCCC[N+](CCCC)(CCCC)CCCC.[BH2-]C#N. The zero-order valence-corrected chi connectivity index (χ0v) is 14.9. The van der Waals surface area contributed by atoms with Gasteiger partial charge in [0.25, 0.3) is 0 Å². The Morgan fingerprint density at radius 1 is 0.700 bits per heavy atom. The maximum absolute atomic E-state index is 7.32. The summed E-state index contributed by atoms with van der Waals surface area (Å²) in [4.78, 5) is 0. The number of hydrogen-bond acceptors (Lipinski definition) is 1. The number of hydrogen-bond donors (Lipinski definition) is 0. The van der Waals surface area contributed by atoms with Crippen LogP contribution in [0.15, 0.2) is 0 Å². The molecule has 0 aromatic rings. The second-order valence-corrected chi connectivity index (χ2v) is 5.87. The molecule has 1 radical (unpaired) electrons. The number of quaternary nitrogens is 1. The number of nitriles is 1. The van der Waals surface area contributed by atoms with Gasteiger partial charge >= 0.3 is 0 Å². The normalized spacial score (nSPS) is 10.6. The molecule has 119 valence electrons. The molecule has 0 spiro atoms. The molecule has 0 aliphatic heterocycles. The van der Waals surface area contributed by atoms with Crippen LogP contribution in [0.25, 0.3) is 0 Å². The second kappa shape index (κ2) is 16.6. The minimum Gasteiger partial charge on any atom is -0.324 e. The highest BCUT2D eigenvalue weighted by molar-refractivity contribution is 6.20. The van der Waals surface area contributed by atoms with Crippen LogP contribution in [0.5, 0.6) is 0 Å². The molecule has 2 nitrogen and oxygen atoms in total. The Morgan fingerprint density at radius 3 is 1.05 bits per heavy atom. The summed E-state index contributed by atoms with van der Waals surface area (Å²) < 4.78 is 1.42. The average molecular weight is 281 g/mol. The molecule has 0 amide bonds. The number of unbranched alkanes of at least 4 members (excludes halogenated alkanes) is 4. The Labute approximate surface area is 129 Å². The van der Waals surface area contributed by atoms with Crippen LogP contribution in [0.1, 0.15) is 79.1 Å². The van der Waals surface area contributed by atoms with E-state index in [1.54, 1.807) is 5.97 Å². The summed E-state index contributed by atoms with van der Waals surface area (Å²) >= 11 is 0. The van der Waals surface area contributed by atoms with Crippen molar-refractivity contribution in [2.75, 3.05) is 26.2 Å². The molecule has 0 N–H and O–H groups in total. The van der Waals surface area contributed by atoms with Crippen molar-refractivity contribution >= 4 is 7.85 Å². The summed E-state index contributed by atoms with van der Waals surface area (Å²) in [5.74, 6) is 1.75. The third-order valence-corrected chi connectivity index (χ3v) is 3.94. The minimum absolute atomic E-state index is 1.35. The Morgan fingerprint density at radius 2 is 0.900 bits per heavy atom. The average Bonchev–Trinajstić information content (AvgIpc) is 2.46. The van der Waals surface area contributed by atoms with E-state index in [-0.39, 0.29) is 0 Å². The standard InChI is InChI=1S/C16H36N.CH2BN/c1-5-9-13-17(14-10-6-2,15-11-7-3)16-12-8-4;2-1-3/h5-16H2,1-4H3;2H2/q+1;-1. The fraction of sp³-hybridized carbons (Fsp3) is 0.941. The predicted octanol–water partition coefficient (Wildman–Crippen LogP) is 4.10. The molecule has 0 unspecified atom stereocenters. The van der Waals surface area contributed by atoms with Gasteiger partial charge in [0, 0.05) is 0 Å². The third-order valence-electron chi connectivity index (χ3n) is 3.94. The molecular weight excluding hydrogens is 243 g/mol. The number of nitrogens with zero attached hydrogens (tertiary/aromatic N) is 2. The first-order chi connectivity index (χ1) is 9.66. The van der Waals surface area contributed by atoms with Crippen LogP contribution in [0, 0.1) is 11.2 Å². The van der Waals surface area contributed by atoms with E-state index in [9.17, 15) is 0 Å². The lowest BCUT2D eigenvalue weighted by Gasteiger charge is -2.39. The zero-order chi connectivity index (χ0) is 15.7. The van der Waals surface area contributed by atoms with E-state index in [0.29, 0.717) is 0 Å². The lowest BCUT2D eigenvalue weighted by molar-refractivity contribution is -0.929. The molecule has 0 saturated carbocycles. The van der Waals surface area contributed by atoms with Crippen molar-refractivity contribution in [2.45, 2.75) is 79.1 Å². The van der Waals surface area contributed by atoms with Crippen molar-refractivity contribution in [3.05, 3.63) is 0 Å². The lowest BCUT2D eigenvalue weighted by atomic mass is 10.1. The summed E-state index contributed by atoms with van der Waals surface area (Å²) in [7, 11) is 1.43. The van der Waals surface area contributed by atoms with Crippen LogP contribution >= 0.6 is 0 Å². The fourth-order valence-corrected chi connectivity index (χ4v) is 2.64. The summed E-state index contributed by atoms with van der Waals surface area (Å²) in [6, 6.07) is 0. The molecule has 0 aliphatic rings. The maximum atomic E-state index is 7.32. The Balaban J connectivity index is 0. The van der Waals surface area contributed by atoms with Gasteiger partial charge in [-0.2, -0.15) is 0 Å². The van der Waals surface area contributed by atoms with Gasteiger partial charge in [-0.05, 0) is 33.5 Å². The first kappa shape index (κ1) is 21.8. The molecule has 0 rings (SSSR count). The highest BCUT2D eigenvalue weighted by Gasteiger charge is 2.24. The third kappa shape index (κ3) is 12.5. The highest BCUT2D eigenvalue weighted by atomic mass is 15.3. The Bertz CT molecular complexity index is 186. The Kier molecular flexibility index (Phi) is 18.1. The molecule has 20 heavy (non-hydrogen) atoms. The predicted molar refractivity (Wildman–Crippen MR) is 93.5 cm³/mol. The summed E-state index contributed by atoms with van der Waals surface area (Å²) in [6.45, 7) is 15.0. The highest BCUT2D eigenvalue weighted by Crippen LogP contribution is 2.16. The molecule has 0 aromatic carbocycles. The Hall–Kier alpha value is -0.485. The molecule has 0 aromatic heterocycles. The van der Waals surface area contributed by atoms with Gasteiger partial charge in [0.15, 0.2) is 0 Å². The van der Waals surface area contributed by atoms with E-state index in [2.05, 4.69) is 27.7 Å². The van der Waals surface area contributed by atoms with Crippen molar-refractivity contribution in [1.82, 2.24) is 0 Å². The smallest absolute Gasteiger partial charge is 0.0786 e. The molecule has 0 atom stereocenters. The van der Waals surface area contributed by atoms with Crippen LogP contribution in [0.4, 0.5) is 0 Å². The van der Waals surface area contributed by atoms with E-state index in [4.69, 9.17) is 5.26 Å². The minimum atomic E-state index is 1.35. The quantitative estimate of drug-likeness (QED) is 0.390. The van der Waals surface area contributed by atoms with E-state index in [1.807, 2.05) is 0 Å². The first-order valence-corrected chi connectivity index (χ1v) is 8.82. The van der Waals surface area contributed by atoms with Gasteiger partial charge in [0.05, 0.1) is 26.2 Å². The van der Waals surface area contributed by atoms with Crippen LogP contribution in [-0.4, -0.2) is 38.5 Å². The van der Waals surface area contributed by atoms with Gasteiger partial charge < -0.3 is 4.48 Å². The fourth-order valence-electron chi connectivity index (χ4n) is 2.64. The van der Waals surface area contributed by atoms with Gasteiger partial charge in [-0.1, -0.05) is 53.4 Å². The molecule has 0 saturated heterocycles. The summed E-state index contributed by atoms with van der Waals surface area (Å²) in [6.07, 6.45) is 11.1.